The Kier molecular flexibility index (Phi) is 4.53. The van der Waals surface area contributed by atoms with Crippen molar-refractivity contribution >= 4 is 17.3 Å². The van der Waals surface area contributed by atoms with Crippen molar-refractivity contribution in [2.45, 2.75) is 20.4 Å². The van der Waals surface area contributed by atoms with E-state index >= 15 is 0 Å². The standard InChI is InChI=1S/C12H15NO2S/c1-4-5-13(8-12(14)15)7-11-6-9(2)16-10(11)3/h1,6H,5,7-8H2,2-3H3,(H,14,15). The number of aliphatic carboxylic acids is 1. The van der Waals surface area contributed by atoms with E-state index in [1.807, 2.05) is 13.8 Å². The summed E-state index contributed by atoms with van der Waals surface area (Å²) in [6, 6.07) is 2.09. The zero-order valence-corrected chi connectivity index (χ0v) is 10.3. The highest BCUT2D eigenvalue weighted by molar-refractivity contribution is 7.12. The fourth-order valence-electron chi connectivity index (χ4n) is 1.57. The van der Waals surface area contributed by atoms with E-state index in [9.17, 15) is 4.79 Å². The van der Waals surface area contributed by atoms with Crippen LogP contribution in [-0.2, 0) is 11.3 Å². The molecule has 0 aliphatic heterocycles. The molecule has 1 N–H and O–H groups in total. The number of terminal acetylenes is 1. The van der Waals surface area contributed by atoms with Crippen molar-refractivity contribution in [2.75, 3.05) is 13.1 Å². The van der Waals surface area contributed by atoms with Gasteiger partial charge in [0.2, 0.25) is 0 Å². The summed E-state index contributed by atoms with van der Waals surface area (Å²) in [6.45, 7) is 5.04. The van der Waals surface area contributed by atoms with Gasteiger partial charge in [0.15, 0.2) is 0 Å². The Morgan fingerprint density at radius 1 is 1.62 bits per heavy atom. The van der Waals surface area contributed by atoms with E-state index in [2.05, 4.69) is 12.0 Å². The maximum atomic E-state index is 10.7. The largest absolute Gasteiger partial charge is 0.480 e. The van der Waals surface area contributed by atoms with Gasteiger partial charge in [-0.3, -0.25) is 9.69 Å². The fourth-order valence-corrected chi connectivity index (χ4v) is 2.51. The van der Waals surface area contributed by atoms with Gasteiger partial charge in [0.05, 0.1) is 13.1 Å². The van der Waals surface area contributed by atoms with Crippen LogP contribution < -0.4 is 0 Å². The molecule has 0 aliphatic carbocycles. The number of thiophene rings is 1. The number of rotatable bonds is 5. The van der Waals surface area contributed by atoms with Crippen molar-refractivity contribution < 1.29 is 9.90 Å². The molecule has 1 rings (SSSR count). The molecule has 0 aromatic carbocycles. The maximum Gasteiger partial charge on any atom is 0.317 e. The van der Waals surface area contributed by atoms with Crippen LogP contribution in [0.15, 0.2) is 6.07 Å². The monoisotopic (exact) mass is 237 g/mol. The molecule has 16 heavy (non-hydrogen) atoms. The zero-order chi connectivity index (χ0) is 12.1. The lowest BCUT2D eigenvalue weighted by atomic mass is 10.2. The number of carboxylic acid groups (broad SMARTS) is 1. The Balaban J connectivity index is 2.71. The van der Waals surface area contributed by atoms with Crippen molar-refractivity contribution in [3.8, 4) is 12.3 Å². The zero-order valence-electron chi connectivity index (χ0n) is 9.49. The third kappa shape index (κ3) is 3.69. The van der Waals surface area contributed by atoms with Gasteiger partial charge in [-0.25, -0.2) is 0 Å². The van der Waals surface area contributed by atoms with Crippen LogP contribution in [0.4, 0.5) is 0 Å². The van der Waals surface area contributed by atoms with Crippen LogP contribution in [0.3, 0.4) is 0 Å². The van der Waals surface area contributed by atoms with Crippen molar-refractivity contribution in [2.24, 2.45) is 0 Å². The lowest BCUT2D eigenvalue weighted by Gasteiger charge is -2.16. The van der Waals surface area contributed by atoms with Gasteiger partial charge in [0, 0.05) is 16.3 Å². The number of aryl methyl sites for hydroxylation is 2. The molecule has 0 bridgehead atoms. The number of hydrogen-bond donors (Lipinski definition) is 1. The highest BCUT2D eigenvalue weighted by Gasteiger charge is 2.11. The quantitative estimate of drug-likeness (QED) is 0.795. The minimum Gasteiger partial charge on any atom is -0.480 e. The first kappa shape index (κ1) is 12.8. The molecular weight excluding hydrogens is 222 g/mol. The van der Waals surface area contributed by atoms with Crippen molar-refractivity contribution in [3.05, 3.63) is 21.4 Å². The highest BCUT2D eigenvalue weighted by atomic mass is 32.1. The van der Waals surface area contributed by atoms with E-state index in [4.69, 9.17) is 11.5 Å². The average Bonchev–Trinajstić information content (AvgIpc) is 2.44. The molecule has 0 aliphatic rings. The van der Waals surface area contributed by atoms with Crippen LogP contribution in [0.2, 0.25) is 0 Å². The molecule has 1 aromatic heterocycles. The van der Waals surface area contributed by atoms with E-state index in [0.717, 1.165) is 0 Å². The molecule has 0 saturated carbocycles. The topological polar surface area (TPSA) is 40.5 Å². The molecule has 1 heterocycles. The number of carboxylic acids is 1. The fraction of sp³-hybridized carbons (Fsp3) is 0.417. The second kappa shape index (κ2) is 5.69. The van der Waals surface area contributed by atoms with Crippen LogP contribution in [0.25, 0.3) is 0 Å². The van der Waals surface area contributed by atoms with Gasteiger partial charge in [-0.15, -0.1) is 17.8 Å². The summed E-state index contributed by atoms with van der Waals surface area (Å²) in [5.74, 6) is 1.64. The highest BCUT2D eigenvalue weighted by Crippen LogP contribution is 2.21. The lowest BCUT2D eigenvalue weighted by Crippen LogP contribution is -2.29. The lowest BCUT2D eigenvalue weighted by molar-refractivity contribution is -0.138. The minimum atomic E-state index is -0.847. The first-order valence-electron chi connectivity index (χ1n) is 4.96. The molecule has 0 spiro atoms. The van der Waals surface area contributed by atoms with E-state index in [0.29, 0.717) is 13.1 Å². The van der Waals surface area contributed by atoms with Gasteiger partial charge in [0.25, 0.3) is 0 Å². The number of hydrogen-bond acceptors (Lipinski definition) is 3. The number of carbonyl (C=O) groups is 1. The Hall–Kier alpha value is -1.31. The number of nitrogens with zero attached hydrogens (tertiary/aromatic N) is 1. The second-order valence-corrected chi connectivity index (χ2v) is 5.14. The predicted molar refractivity (Wildman–Crippen MR) is 65.5 cm³/mol. The summed E-state index contributed by atoms with van der Waals surface area (Å²) in [6.07, 6.45) is 5.22. The molecular formula is C12H15NO2S. The summed E-state index contributed by atoms with van der Waals surface area (Å²) in [4.78, 5) is 14.9. The summed E-state index contributed by atoms with van der Waals surface area (Å²) in [5, 5.41) is 8.76. The summed E-state index contributed by atoms with van der Waals surface area (Å²) in [5.41, 5.74) is 1.17. The average molecular weight is 237 g/mol. The van der Waals surface area contributed by atoms with E-state index in [-0.39, 0.29) is 6.54 Å². The normalized spacial score (nSPS) is 10.4. The summed E-state index contributed by atoms with van der Waals surface area (Å²) >= 11 is 1.72. The first-order valence-corrected chi connectivity index (χ1v) is 5.78. The van der Waals surface area contributed by atoms with Gasteiger partial charge in [-0.1, -0.05) is 5.92 Å². The molecule has 4 heteroatoms. The van der Waals surface area contributed by atoms with Crippen LogP contribution in [0.1, 0.15) is 15.3 Å². The van der Waals surface area contributed by atoms with Crippen LogP contribution in [0.5, 0.6) is 0 Å². The van der Waals surface area contributed by atoms with Crippen molar-refractivity contribution in [1.82, 2.24) is 4.90 Å². The Morgan fingerprint density at radius 3 is 2.75 bits per heavy atom. The maximum absolute atomic E-state index is 10.7. The first-order chi connectivity index (χ1) is 7.52. The van der Waals surface area contributed by atoms with E-state index < -0.39 is 5.97 Å². The van der Waals surface area contributed by atoms with Gasteiger partial charge >= 0.3 is 5.97 Å². The van der Waals surface area contributed by atoms with Crippen LogP contribution in [0, 0.1) is 26.2 Å². The Morgan fingerprint density at radius 2 is 2.31 bits per heavy atom. The molecule has 0 saturated heterocycles. The summed E-state index contributed by atoms with van der Waals surface area (Å²) < 4.78 is 0. The van der Waals surface area contributed by atoms with Gasteiger partial charge in [-0.2, -0.15) is 0 Å². The van der Waals surface area contributed by atoms with Crippen LogP contribution in [-0.4, -0.2) is 29.1 Å². The van der Waals surface area contributed by atoms with Gasteiger partial charge in [0.1, 0.15) is 0 Å². The molecule has 0 radical (unpaired) electrons. The van der Waals surface area contributed by atoms with Crippen molar-refractivity contribution in [3.63, 3.8) is 0 Å². The predicted octanol–water partition coefficient (Wildman–Crippen LogP) is 1.88. The Labute approximate surface area is 99.7 Å². The summed E-state index contributed by atoms with van der Waals surface area (Å²) in [7, 11) is 0. The molecule has 1 aromatic rings. The molecule has 0 unspecified atom stereocenters. The molecule has 0 fully saturated rings. The van der Waals surface area contributed by atoms with Crippen LogP contribution >= 0.6 is 11.3 Å². The van der Waals surface area contributed by atoms with Gasteiger partial charge < -0.3 is 5.11 Å². The SMILES string of the molecule is C#CCN(CC(=O)O)Cc1cc(C)sc1C. The second-order valence-electron chi connectivity index (χ2n) is 3.68. The van der Waals surface area contributed by atoms with Crippen molar-refractivity contribution in [1.29, 1.82) is 0 Å². The van der Waals surface area contributed by atoms with E-state index in [1.54, 1.807) is 16.2 Å². The molecule has 0 atom stereocenters. The minimum absolute atomic E-state index is 0.0153. The molecule has 3 nitrogen and oxygen atoms in total. The smallest absolute Gasteiger partial charge is 0.317 e. The molecule has 0 amide bonds. The van der Waals surface area contributed by atoms with Gasteiger partial charge in [-0.05, 0) is 25.5 Å². The third-order valence-electron chi connectivity index (χ3n) is 2.21. The Bertz CT molecular complexity index is 417. The van der Waals surface area contributed by atoms with E-state index in [1.165, 1.54) is 15.3 Å². The third-order valence-corrected chi connectivity index (χ3v) is 3.22. The molecule has 86 valence electrons.